The first-order valence-electron chi connectivity index (χ1n) is 19.8. The molecule has 0 aromatic rings. The van der Waals surface area contributed by atoms with Crippen LogP contribution in [0.3, 0.4) is 0 Å². The van der Waals surface area contributed by atoms with E-state index in [0.29, 0.717) is 6.42 Å². The van der Waals surface area contributed by atoms with Gasteiger partial charge in [-0.1, -0.05) is 155 Å². The first-order chi connectivity index (χ1) is 23.3. The van der Waals surface area contributed by atoms with Crippen molar-refractivity contribution >= 4 is 5.91 Å². The van der Waals surface area contributed by atoms with Crippen LogP contribution in [0.25, 0.3) is 0 Å². The number of amides is 1. The van der Waals surface area contributed by atoms with Gasteiger partial charge in [0.1, 0.15) is 30.5 Å². The van der Waals surface area contributed by atoms with Crippen LogP contribution in [-0.2, 0) is 14.3 Å². The Labute approximate surface area is 292 Å². The molecule has 1 saturated heterocycles. The fourth-order valence-corrected chi connectivity index (χ4v) is 6.49. The van der Waals surface area contributed by atoms with Crippen LogP contribution in [0, 0.1) is 0 Å². The Bertz CT molecular complexity index is 743. The summed E-state index contributed by atoms with van der Waals surface area (Å²) in [5.41, 5.74) is 0. The summed E-state index contributed by atoms with van der Waals surface area (Å²) in [5.74, 6) is -0.259. The number of carbonyl (C=O) groups excluding carboxylic acids is 1. The third kappa shape index (κ3) is 20.7. The molecular formula is C38H75NO9. The van der Waals surface area contributed by atoms with Crippen LogP contribution in [0.1, 0.15) is 174 Å². The van der Waals surface area contributed by atoms with Crippen LogP contribution >= 0.6 is 0 Å². The molecule has 7 N–H and O–H groups in total. The number of aliphatic hydroxyl groups is 6. The normalized spacial score (nSPS) is 23.2. The van der Waals surface area contributed by atoms with Gasteiger partial charge < -0.3 is 45.4 Å². The van der Waals surface area contributed by atoms with Crippen LogP contribution < -0.4 is 5.32 Å². The van der Waals surface area contributed by atoms with Crippen molar-refractivity contribution in [2.45, 2.75) is 223 Å². The van der Waals surface area contributed by atoms with Gasteiger partial charge in [-0.25, -0.2) is 0 Å². The van der Waals surface area contributed by atoms with E-state index in [-0.39, 0.29) is 18.9 Å². The van der Waals surface area contributed by atoms with Gasteiger partial charge in [-0.15, -0.1) is 0 Å². The standard InChI is InChI=1S/C38H75NO9/c1-3-5-7-9-11-13-15-17-18-20-22-24-26-31(41)34(43)30(29-47-38-37(46)36(45)35(44)32(28-40)48-38)39-33(42)27-25-23-21-19-16-14-12-10-8-6-4-2/h30-32,34-38,40-41,43-46H,3-29H2,1-2H3,(H,39,42)/t30-,31+,32+,34-,35-,36?,37?,38+/m0/s1. The predicted molar refractivity (Wildman–Crippen MR) is 190 cm³/mol. The van der Waals surface area contributed by atoms with E-state index in [1.165, 1.54) is 96.3 Å². The van der Waals surface area contributed by atoms with Crippen LogP contribution in [-0.4, -0.2) is 98.7 Å². The maximum atomic E-state index is 12.9. The van der Waals surface area contributed by atoms with Crippen molar-refractivity contribution in [3.8, 4) is 0 Å². The van der Waals surface area contributed by atoms with Crippen molar-refractivity contribution in [3.63, 3.8) is 0 Å². The summed E-state index contributed by atoms with van der Waals surface area (Å²) < 4.78 is 11.1. The number of aliphatic hydroxyl groups excluding tert-OH is 6. The van der Waals surface area contributed by atoms with Crippen LogP contribution in [0.5, 0.6) is 0 Å². The maximum Gasteiger partial charge on any atom is 0.220 e. The molecule has 286 valence electrons. The van der Waals surface area contributed by atoms with Gasteiger partial charge in [-0.3, -0.25) is 4.79 Å². The van der Waals surface area contributed by atoms with Gasteiger partial charge in [0.15, 0.2) is 6.29 Å². The van der Waals surface area contributed by atoms with Crippen LogP contribution in [0.15, 0.2) is 0 Å². The summed E-state index contributed by atoms with van der Waals surface area (Å²) in [6.45, 7) is 3.57. The molecule has 0 bridgehead atoms. The quantitative estimate of drug-likeness (QED) is 0.0432. The molecule has 10 heteroatoms. The largest absolute Gasteiger partial charge is 0.394 e. The summed E-state index contributed by atoms with van der Waals surface area (Å²) in [4.78, 5) is 12.9. The lowest BCUT2D eigenvalue weighted by Crippen LogP contribution is -2.60. The van der Waals surface area contributed by atoms with Gasteiger partial charge >= 0.3 is 0 Å². The van der Waals surface area contributed by atoms with Crippen molar-refractivity contribution in [2.24, 2.45) is 0 Å². The summed E-state index contributed by atoms with van der Waals surface area (Å²) in [6.07, 6.45) is 18.3. The van der Waals surface area contributed by atoms with Gasteiger partial charge in [-0.2, -0.15) is 0 Å². The second-order valence-electron chi connectivity index (χ2n) is 14.2. The molecule has 0 aliphatic carbocycles. The molecule has 2 unspecified atom stereocenters. The smallest absolute Gasteiger partial charge is 0.220 e. The molecule has 10 nitrogen and oxygen atoms in total. The summed E-state index contributed by atoms with van der Waals surface area (Å²) >= 11 is 0. The molecular weight excluding hydrogens is 614 g/mol. The highest BCUT2D eigenvalue weighted by Gasteiger charge is 2.44. The summed E-state index contributed by atoms with van der Waals surface area (Å²) in [7, 11) is 0. The predicted octanol–water partition coefficient (Wildman–Crippen LogP) is 5.80. The van der Waals surface area contributed by atoms with E-state index >= 15 is 0 Å². The zero-order valence-corrected chi connectivity index (χ0v) is 30.6. The Hall–Kier alpha value is -0.850. The van der Waals surface area contributed by atoms with Gasteiger partial charge in [0, 0.05) is 6.42 Å². The number of ether oxygens (including phenoxy) is 2. The second kappa shape index (κ2) is 29.8. The number of unbranched alkanes of at least 4 members (excludes halogenated alkanes) is 21. The van der Waals surface area contributed by atoms with E-state index in [0.717, 1.165) is 51.4 Å². The first kappa shape index (κ1) is 45.2. The van der Waals surface area contributed by atoms with Crippen molar-refractivity contribution < 1.29 is 44.9 Å². The average Bonchev–Trinajstić information content (AvgIpc) is 3.08. The SMILES string of the molecule is CCCCCCCCCCCCCC[C@@H](O)[C@@H](O)[C@H](CO[C@@H]1O[C@H](CO)[C@H](O)C(O)C1O)NC(=O)CCCCCCCCCCCCC. The fraction of sp³-hybridized carbons (Fsp3) is 0.974. The van der Waals surface area contributed by atoms with Crippen molar-refractivity contribution in [3.05, 3.63) is 0 Å². The lowest BCUT2D eigenvalue weighted by molar-refractivity contribution is -0.303. The highest BCUT2D eigenvalue weighted by Crippen LogP contribution is 2.23. The molecule has 0 radical (unpaired) electrons. The molecule has 48 heavy (non-hydrogen) atoms. The molecule has 1 heterocycles. The van der Waals surface area contributed by atoms with Crippen LogP contribution in [0.4, 0.5) is 0 Å². The van der Waals surface area contributed by atoms with Gasteiger partial charge in [0.05, 0.1) is 25.4 Å². The Balaban J connectivity index is 2.49. The fourth-order valence-electron chi connectivity index (χ4n) is 6.49. The molecule has 1 amide bonds. The Morgan fingerprint density at radius 2 is 1.08 bits per heavy atom. The molecule has 0 aromatic carbocycles. The summed E-state index contributed by atoms with van der Waals surface area (Å²) in [6, 6.07) is -0.982. The minimum absolute atomic E-state index is 0.259. The molecule has 8 atom stereocenters. The lowest BCUT2D eigenvalue weighted by atomic mass is 9.98. The van der Waals surface area contributed by atoms with Gasteiger partial charge in [0.2, 0.25) is 5.91 Å². The monoisotopic (exact) mass is 690 g/mol. The topological polar surface area (TPSA) is 169 Å². The number of hydrogen-bond donors (Lipinski definition) is 7. The van der Waals surface area contributed by atoms with E-state index in [1.807, 2.05) is 0 Å². The number of nitrogens with one attached hydrogen (secondary N) is 1. The third-order valence-corrected chi connectivity index (χ3v) is 9.80. The maximum absolute atomic E-state index is 12.9. The van der Waals surface area contributed by atoms with Crippen molar-refractivity contribution in [1.82, 2.24) is 5.32 Å². The molecule has 1 fully saturated rings. The minimum atomic E-state index is -1.60. The summed E-state index contributed by atoms with van der Waals surface area (Å²) in [5, 5.41) is 64.8. The average molecular weight is 690 g/mol. The van der Waals surface area contributed by atoms with E-state index in [4.69, 9.17) is 9.47 Å². The van der Waals surface area contributed by atoms with E-state index in [1.54, 1.807) is 0 Å². The molecule has 1 aliphatic heterocycles. The van der Waals surface area contributed by atoms with Crippen LogP contribution in [0.2, 0.25) is 0 Å². The second-order valence-corrected chi connectivity index (χ2v) is 14.2. The van der Waals surface area contributed by atoms with E-state index in [2.05, 4.69) is 19.2 Å². The van der Waals surface area contributed by atoms with Gasteiger partial charge in [0.25, 0.3) is 0 Å². The van der Waals surface area contributed by atoms with E-state index < -0.39 is 55.6 Å². The number of carbonyl (C=O) groups is 1. The molecule has 0 spiro atoms. The number of hydrogen-bond acceptors (Lipinski definition) is 9. The first-order valence-corrected chi connectivity index (χ1v) is 19.8. The zero-order valence-electron chi connectivity index (χ0n) is 30.6. The van der Waals surface area contributed by atoms with E-state index in [9.17, 15) is 35.4 Å². The molecule has 0 saturated carbocycles. The molecule has 0 aromatic heterocycles. The van der Waals surface area contributed by atoms with Crippen molar-refractivity contribution in [1.29, 1.82) is 0 Å². The Kier molecular flexibility index (Phi) is 28.1. The zero-order chi connectivity index (χ0) is 35.4. The number of rotatable bonds is 32. The minimum Gasteiger partial charge on any atom is -0.394 e. The molecule has 1 aliphatic rings. The lowest BCUT2D eigenvalue weighted by Gasteiger charge is -2.40. The Morgan fingerprint density at radius 3 is 1.54 bits per heavy atom. The van der Waals surface area contributed by atoms with Gasteiger partial charge in [-0.05, 0) is 12.8 Å². The van der Waals surface area contributed by atoms with Crippen molar-refractivity contribution in [2.75, 3.05) is 13.2 Å². The highest BCUT2D eigenvalue weighted by molar-refractivity contribution is 5.76. The third-order valence-electron chi connectivity index (χ3n) is 9.80. The Morgan fingerprint density at radius 1 is 0.646 bits per heavy atom. The highest BCUT2D eigenvalue weighted by atomic mass is 16.7. The molecule has 1 rings (SSSR count).